The van der Waals surface area contributed by atoms with E-state index in [-0.39, 0.29) is 6.42 Å². The van der Waals surface area contributed by atoms with Crippen LogP contribution in [0.4, 0.5) is 0 Å². The summed E-state index contributed by atoms with van der Waals surface area (Å²) in [6.45, 7) is 0. The average Bonchev–Trinajstić information content (AvgIpc) is 2.01. The number of carbonyl (C=O) groups excluding carboxylic acids is 1. The molecule has 0 bridgehead atoms. The summed E-state index contributed by atoms with van der Waals surface area (Å²) < 4.78 is 3.54. The lowest BCUT2D eigenvalue weighted by molar-refractivity contribution is -0.141. The van der Waals surface area contributed by atoms with Gasteiger partial charge in [-0.25, -0.2) is 4.79 Å². The van der Waals surface area contributed by atoms with Crippen molar-refractivity contribution >= 4 is 43.8 Å². The van der Waals surface area contributed by atoms with Gasteiger partial charge in [0, 0.05) is 6.42 Å². The number of hydrogen-bond donors (Lipinski definition) is 1. The molecule has 0 aromatic carbocycles. The second-order valence-electron chi connectivity index (χ2n) is 2.44. The minimum absolute atomic E-state index is 0.0376. The molecular formula is C7H10Br2O4. The van der Waals surface area contributed by atoms with Crippen molar-refractivity contribution in [1.29, 1.82) is 0 Å². The Labute approximate surface area is 92.9 Å². The van der Waals surface area contributed by atoms with Gasteiger partial charge in [0.05, 0.1) is 7.11 Å². The van der Waals surface area contributed by atoms with Crippen LogP contribution in [0, 0.1) is 0 Å². The van der Waals surface area contributed by atoms with E-state index in [9.17, 15) is 9.59 Å². The predicted octanol–water partition coefficient (Wildman–Crippen LogP) is 1.90. The van der Waals surface area contributed by atoms with Crippen LogP contribution in [-0.4, -0.2) is 27.4 Å². The van der Waals surface area contributed by atoms with Gasteiger partial charge in [-0.2, -0.15) is 0 Å². The summed E-state index contributed by atoms with van der Waals surface area (Å²) in [6, 6.07) is 0. The van der Waals surface area contributed by atoms with E-state index >= 15 is 0 Å². The molecule has 0 atom stereocenters. The summed E-state index contributed by atoms with van der Waals surface area (Å²) >= 11 is 6.21. The third-order valence-electron chi connectivity index (χ3n) is 1.37. The number of carboxylic acid groups (broad SMARTS) is 1. The molecule has 0 amide bonds. The first kappa shape index (κ1) is 12.9. The van der Waals surface area contributed by atoms with E-state index in [1.807, 2.05) is 0 Å². The molecule has 1 N–H and O–H groups in total. The molecule has 0 saturated carbocycles. The molecule has 0 aliphatic heterocycles. The highest BCUT2D eigenvalue weighted by Crippen LogP contribution is 2.33. The van der Waals surface area contributed by atoms with Crippen molar-refractivity contribution in [1.82, 2.24) is 0 Å². The Kier molecular flexibility index (Phi) is 5.55. The van der Waals surface area contributed by atoms with E-state index in [0.29, 0.717) is 12.8 Å². The van der Waals surface area contributed by atoms with E-state index in [4.69, 9.17) is 5.11 Å². The maximum absolute atomic E-state index is 11.0. The van der Waals surface area contributed by atoms with Gasteiger partial charge in [0.1, 0.15) is 0 Å². The van der Waals surface area contributed by atoms with Gasteiger partial charge in [0.2, 0.25) is 0 Å². The van der Waals surface area contributed by atoms with Crippen LogP contribution in [0.2, 0.25) is 0 Å². The molecule has 0 rings (SSSR count). The van der Waals surface area contributed by atoms with Gasteiger partial charge in [0.25, 0.3) is 0 Å². The van der Waals surface area contributed by atoms with E-state index < -0.39 is 15.2 Å². The Morgan fingerprint density at radius 1 is 1.46 bits per heavy atom. The van der Waals surface area contributed by atoms with Gasteiger partial charge in [0.15, 0.2) is 3.23 Å². The standard InChI is InChI=1S/C7H10Br2O4/c1-13-6(12)7(8,9)4-2-3-5(10)11/h2-4H2,1H3,(H,10,11). The van der Waals surface area contributed by atoms with Crippen LogP contribution < -0.4 is 0 Å². The van der Waals surface area contributed by atoms with Crippen molar-refractivity contribution < 1.29 is 19.4 Å². The third kappa shape index (κ3) is 5.25. The third-order valence-corrected chi connectivity index (χ3v) is 2.81. The first-order valence-corrected chi connectivity index (χ1v) is 5.17. The molecule has 0 fully saturated rings. The van der Waals surface area contributed by atoms with Crippen molar-refractivity contribution in [2.75, 3.05) is 7.11 Å². The highest BCUT2D eigenvalue weighted by atomic mass is 79.9. The number of esters is 1. The maximum Gasteiger partial charge on any atom is 0.333 e. The molecule has 6 heteroatoms. The number of hydrogen-bond acceptors (Lipinski definition) is 3. The Balaban J connectivity index is 3.89. The molecule has 0 spiro atoms. The summed E-state index contributed by atoms with van der Waals surface area (Å²) in [4.78, 5) is 21.2. The van der Waals surface area contributed by atoms with Gasteiger partial charge in [-0.1, -0.05) is 31.9 Å². The molecule has 0 unspecified atom stereocenters. The lowest BCUT2D eigenvalue weighted by atomic mass is 10.2. The number of ether oxygens (including phenoxy) is 1. The number of aliphatic carboxylic acids is 1. The first-order valence-electron chi connectivity index (χ1n) is 3.58. The van der Waals surface area contributed by atoms with E-state index in [0.717, 1.165) is 0 Å². The number of halogens is 2. The Morgan fingerprint density at radius 3 is 2.38 bits per heavy atom. The van der Waals surface area contributed by atoms with Crippen LogP contribution in [0.5, 0.6) is 0 Å². The highest BCUT2D eigenvalue weighted by molar-refractivity contribution is 9.25. The summed E-state index contributed by atoms with van der Waals surface area (Å²) in [6.07, 6.45) is 0.808. The van der Waals surface area contributed by atoms with Crippen LogP contribution in [-0.2, 0) is 14.3 Å². The normalized spacial score (nSPS) is 11.0. The molecular weight excluding hydrogens is 308 g/mol. The Bertz CT molecular complexity index is 203. The lowest BCUT2D eigenvalue weighted by Crippen LogP contribution is -2.26. The zero-order valence-corrected chi connectivity index (χ0v) is 10.2. The summed E-state index contributed by atoms with van der Waals surface area (Å²) in [5.74, 6) is -1.33. The largest absolute Gasteiger partial charge is 0.481 e. The Hall–Kier alpha value is -0.100. The van der Waals surface area contributed by atoms with Gasteiger partial charge < -0.3 is 9.84 Å². The zero-order valence-electron chi connectivity index (χ0n) is 7.05. The fourth-order valence-corrected chi connectivity index (χ4v) is 1.60. The minimum Gasteiger partial charge on any atom is -0.481 e. The maximum atomic E-state index is 11.0. The molecule has 13 heavy (non-hydrogen) atoms. The zero-order chi connectivity index (χ0) is 10.5. The number of carbonyl (C=O) groups is 2. The van der Waals surface area contributed by atoms with Crippen molar-refractivity contribution in [3.05, 3.63) is 0 Å². The smallest absolute Gasteiger partial charge is 0.333 e. The van der Waals surface area contributed by atoms with Gasteiger partial charge in [-0.15, -0.1) is 0 Å². The van der Waals surface area contributed by atoms with Gasteiger partial charge >= 0.3 is 11.9 Å². The quantitative estimate of drug-likeness (QED) is 0.621. The molecule has 0 aromatic heterocycles. The first-order chi connectivity index (χ1) is 5.90. The summed E-state index contributed by atoms with van der Waals surface area (Å²) in [5, 5.41) is 8.36. The topological polar surface area (TPSA) is 63.6 Å². The Morgan fingerprint density at radius 2 is 2.00 bits per heavy atom. The van der Waals surface area contributed by atoms with Gasteiger partial charge in [-0.3, -0.25) is 4.79 Å². The molecule has 0 aliphatic rings. The fourth-order valence-electron chi connectivity index (χ4n) is 0.713. The molecule has 0 aliphatic carbocycles. The number of rotatable bonds is 5. The van der Waals surface area contributed by atoms with Crippen molar-refractivity contribution in [2.24, 2.45) is 0 Å². The number of carboxylic acids is 1. The monoisotopic (exact) mass is 316 g/mol. The van der Waals surface area contributed by atoms with E-state index in [1.165, 1.54) is 7.11 Å². The fraction of sp³-hybridized carbons (Fsp3) is 0.714. The predicted molar refractivity (Wildman–Crippen MR) is 54.1 cm³/mol. The minimum atomic E-state index is -0.954. The molecule has 76 valence electrons. The lowest BCUT2D eigenvalue weighted by Gasteiger charge is -2.16. The number of alkyl halides is 2. The van der Waals surface area contributed by atoms with Crippen molar-refractivity contribution in [3.8, 4) is 0 Å². The van der Waals surface area contributed by atoms with Crippen LogP contribution in [0.15, 0.2) is 0 Å². The van der Waals surface area contributed by atoms with Crippen LogP contribution in [0.25, 0.3) is 0 Å². The van der Waals surface area contributed by atoms with Gasteiger partial charge in [-0.05, 0) is 12.8 Å². The van der Waals surface area contributed by atoms with Crippen LogP contribution in [0.1, 0.15) is 19.3 Å². The van der Waals surface area contributed by atoms with E-state index in [2.05, 4.69) is 36.6 Å². The molecule has 0 saturated heterocycles. The summed E-state index contributed by atoms with van der Waals surface area (Å²) in [5.41, 5.74) is 0. The summed E-state index contributed by atoms with van der Waals surface area (Å²) in [7, 11) is 1.27. The molecule has 0 heterocycles. The second-order valence-corrected chi connectivity index (χ2v) is 6.21. The highest BCUT2D eigenvalue weighted by Gasteiger charge is 2.32. The SMILES string of the molecule is COC(=O)C(Br)(Br)CCCC(=O)O. The van der Waals surface area contributed by atoms with Crippen molar-refractivity contribution in [3.63, 3.8) is 0 Å². The van der Waals surface area contributed by atoms with Crippen molar-refractivity contribution in [2.45, 2.75) is 22.5 Å². The van der Waals surface area contributed by atoms with E-state index in [1.54, 1.807) is 0 Å². The second kappa shape index (κ2) is 5.59. The molecule has 0 aromatic rings. The molecule has 0 radical (unpaired) electrons. The van der Waals surface area contributed by atoms with Crippen LogP contribution in [0.3, 0.4) is 0 Å². The molecule has 4 nitrogen and oxygen atoms in total. The average molecular weight is 318 g/mol. The van der Waals surface area contributed by atoms with Crippen LogP contribution >= 0.6 is 31.9 Å². The number of methoxy groups -OCH3 is 1.